The third-order valence-corrected chi connectivity index (χ3v) is 3.41. The highest BCUT2D eigenvalue weighted by molar-refractivity contribution is 9.10. The summed E-state index contributed by atoms with van der Waals surface area (Å²) < 4.78 is 14.4. The minimum atomic E-state index is -0.138. The molecule has 0 aromatic heterocycles. The Morgan fingerprint density at radius 3 is 2.93 bits per heavy atom. The van der Waals surface area contributed by atoms with Gasteiger partial charge in [-0.3, -0.25) is 4.90 Å². The summed E-state index contributed by atoms with van der Waals surface area (Å²) in [5.74, 6) is -0.138. The van der Waals surface area contributed by atoms with Crippen LogP contribution < -0.4 is 5.73 Å². The summed E-state index contributed by atoms with van der Waals surface area (Å²) in [5.41, 5.74) is 6.34. The predicted octanol–water partition coefficient (Wildman–Crippen LogP) is 2.12. The molecule has 1 fully saturated rings. The first-order valence-electron chi connectivity index (χ1n) is 5.08. The van der Waals surface area contributed by atoms with Crippen LogP contribution >= 0.6 is 15.9 Å². The van der Waals surface area contributed by atoms with Crippen molar-refractivity contribution in [2.45, 2.75) is 19.0 Å². The Morgan fingerprint density at radius 2 is 2.33 bits per heavy atom. The van der Waals surface area contributed by atoms with Gasteiger partial charge in [-0.2, -0.15) is 0 Å². The number of rotatable bonds is 3. The van der Waals surface area contributed by atoms with Gasteiger partial charge in [0.1, 0.15) is 5.82 Å². The van der Waals surface area contributed by atoms with Crippen molar-refractivity contribution in [3.05, 3.63) is 34.1 Å². The van der Waals surface area contributed by atoms with Crippen LogP contribution in [0.5, 0.6) is 0 Å². The monoisotopic (exact) mass is 272 g/mol. The van der Waals surface area contributed by atoms with Crippen molar-refractivity contribution in [3.63, 3.8) is 0 Å². The van der Waals surface area contributed by atoms with Crippen LogP contribution in [-0.2, 0) is 6.54 Å². The number of halogens is 2. The lowest BCUT2D eigenvalue weighted by molar-refractivity contribution is 0.0868. The van der Waals surface area contributed by atoms with Crippen molar-refractivity contribution in [2.24, 2.45) is 5.73 Å². The van der Waals surface area contributed by atoms with Gasteiger partial charge < -0.3 is 5.73 Å². The topological polar surface area (TPSA) is 29.3 Å². The molecule has 0 bridgehead atoms. The van der Waals surface area contributed by atoms with E-state index in [4.69, 9.17) is 5.73 Å². The lowest BCUT2D eigenvalue weighted by Crippen LogP contribution is -2.51. The molecule has 0 spiro atoms. The Kier molecular flexibility index (Phi) is 3.38. The maximum absolute atomic E-state index is 13.4. The molecule has 1 aromatic carbocycles. The second kappa shape index (κ2) is 4.60. The van der Waals surface area contributed by atoms with Gasteiger partial charge in [0.05, 0.1) is 0 Å². The number of benzene rings is 1. The van der Waals surface area contributed by atoms with E-state index in [2.05, 4.69) is 20.8 Å². The van der Waals surface area contributed by atoms with Crippen LogP contribution in [0.4, 0.5) is 4.39 Å². The highest BCUT2D eigenvalue weighted by atomic mass is 79.9. The molecule has 0 amide bonds. The van der Waals surface area contributed by atoms with Crippen molar-refractivity contribution in [3.8, 4) is 0 Å². The van der Waals surface area contributed by atoms with Gasteiger partial charge in [-0.1, -0.05) is 15.9 Å². The van der Waals surface area contributed by atoms with Crippen molar-refractivity contribution in [1.82, 2.24) is 4.90 Å². The molecule has 1 aromatic rings. The number of nitrogens with zero attached hydrogens (tertiary/aromatic N) is 1. The molecule has 1 atom stereocenters. The molecule has 1 aliphatic rings. The van der Waals surface area contributed by atoms with E-state index in [9.17, 15) is 4.39 Å². The maximum atomic E-state index is 13.4. The fraction of sp³-hybridized carbons (Fsp3) is 0.455. The maximum Gasteiger partial charge on any atom is 0.127 e. The van der Waals surface area contributed by atoms with E-state index in [1.165, 1.54) is 6.07 Å². The van der Waals surface area contributed by atoms with Crippen LogP contribution in [0.15, 0.2) is 22.7 Å². The van der Waals surface area contributed by atoms with E-state index in [1.54, 1.807) is 6.07 Å². The molecule has 0 radical (unpaired) electrons. The first-order chi connectivity index (χ1) is 7.20. The van der Waals surface area contributed by atoms with Gasteiger partial charge in [0.2, 0.25) is 0 Å². The van der Waals surface area contributed by atoms with Crippen LogP contribution in [0.1, 0.15) is 12.0 Å². The molecule has 4 heteroatoms. The molecule has 82 valence electrons. The fourth-order valence-corrected chi connectivity index (χ4v) is 2.26. The summed E-state index contributed by atoms with van der Waals surface area (Å²) in [6, 6.07) is 5.48. The Bertz CT molecular complexity index is 354. The molecule has 1 heterocycles. The van der Waals surface area contributed by atoms with Gasteiger partial charge in [-0.05, 0) is 24.6 Å². The number of likely N-dealkylation sites (tertiary alicyclic amines) is 1. The van der Waals surface area contributed by atoms with Crippen molar-refractivity contribution < 1.29 is 4.39 Å². The lowest BCUT2D eigenvalue weighted by Gasteiger charge is -2.40. The number of nitrogens with two attached hydrogens (primary N) is 1. The largest absolute Gasteiger partial charge is 0.329 e. The zero-order chi connectivity index (χ0) is 10.8. The van der Waals surface area contributed by atoms with Crippen molar-refractivity contribution >= 4 is 15.9 Å². The van der Waals surface area contributed by atoms with E-state index in [0.717, 1.165) is 23.0 Å². The van der Waals surface area contributed by atoms with Crippen molar-refractivity contribution in [2.75, 3.05) is 13.1 Å². The molecule has 0 saturated carbocycles. The van der Waals surface area contributed by atoms with E-state index in [1.807, 2.05) is 6.07 Å². The average molecular weight is 273 g/mol. The van der Waals surface area contributed by atoms with Crippen LogP contribution in [-0.4, -0.2) is 24.0 Å². The smallest absolute Gasteiger partial charge is 0.127 e. The minimum absolute atomic E-state index is 0.138. The first-order valence-corrected chi connectivity index (χ1v) is 5.88. The van der Waals surface area contributed by atoms with Crippen LogP contribution in [0.3, 0.4) is 0 Å². The molecule has 2 nitrogen and oxygen atoms in total. The number of hydrogen-bond donors (Lipinski definition) is 1. The highest BCUT2D eigenvalue weighted by Gasteiger charge is 2.26. The Balaban J connectivity index is 2.07. The van der Waals surface area contributed by atoms with Gasteiger partial charge >= 0.3 is 0 Å². The number of hydrogen-bond acceptors (Lipinski definition) is 2. The molecule has 1 unspecified atom stereocenters. The molecule has 0 aliphatic carbocycles. The summed E-state index contributed by atoms with van der Waals surface area (Å²) in [6.07, 6.45) is 1.13. The van der Waals surface area contributed by atoms with Crippen LogP contribution in [0.2, 0.25) is 0 Å². The van der Waals surface area contributed by atoms with E-state index in [0.29, 0.717) is 19.1 Å². The Hall–Kier alpha value is -0.450. The quantitative estimate of drug-likeness (QED) is 0.914. The zero-order valence-electron chi connectivity index (χ0n) is 8.42. The van der Waals surface area contributed by atoms with E-state index in [-0.39, 0.29) is 5.82 Å². The fourth-order valence-electron chi connectivity index (χ4n) is 1.85. The molecule has 1 saturated heterocycles. The van der Waals surface area contributed by atoms with E-state index >= 15 is 0 Å². The summed E-state index contributed by atoms with van der Waals surface area (Å²) in [7, 11) is 0. The third-order valence-electron chi connectivity index (χ3n) is 2.92. The van der Waals surface area contributed by atoms with Crippen molar-refractivity contribution in [1.29, 1.82) is 0 Å². The molecule has 2 N–H and O–H groups in total. The first kappa shape index (κ1) is 11.0. The molecule has 1 aliphatic heterocycles. The Morgan fingerprint density at radius 1 is 1.53 bits per heavy atom. The van der Waals surface area contributed by atoms with Gasteiger partial charge in [-0.15, -0.1) is 0 Å². The minimum Gasteiger partial charge on any atom is -0.329 e. The molecular weight excluding hydrogens is 259 g/mol. The standard InChI is InChI=1S/C11H14BrFN2/c12-9-1-2-11(13)8(5-9)7-15-4-3-10(15)6-14/h1-2,5,10H,3-4,6-7,14H2. The van der Waals surface area contributed by atoms with Crippen LogP contribution in [0, 0.1) is 5.82 Å². The second-order valence-corrected chi connectivity index (χ2v) is 4.80. The zero-order valence-corrected chi connectivity index (χ0v) is 10.0. The lowest BCUT2D eigenvalue weighted by atomic mass is 10.0. The van der Waals surface area contributed by atoms with E-state index < -0.39 is 0 Å². The molecule has 2 rings (SSSR count). The second-order valence-electron chi connectivity index (χ2n) is 3.88. The van der Waals surface area contributed by atoms with Gasteiger partial charge in [0, 0.05) is 35.7 Å². The Labute approximate surface area is 97.4 Å². The highest BCUT2D eigenvalue weighted by Crippen LogP contribution is 2.22. The van der Waals surface area contributed by atoms with Gasteiger partial charge in [-0.25, -0.2) is 4.39 Å². The molecular formula is C11H14BrFN2. The SMILES string of the molecule is NCC1CCN1Cc1cc(Br)ccc1F. The summed E-state index contributed by atoms with van der Waals surface area (Å²) in [5, 5.41) is 0. The third kappa shape index (κ3) is 2.38. The van der Waals surface area contributed by atoms with Gasteiger partial charge in [0.15, 0.2) is 0 Å². The summed E-state index contributed by atoms with van der Waals surface area (Å²) in [4.78, 5) is 2.21. The normalized spacial score (nSPS) is 21.4. The molecule has 15 heavy (non-hydrogen) atoms. The predicted molar refractivity (Wildman–Crippen MR) is 62.0 cm³/mol. The van der Waals surface area contributed by atoms with Gasteiger partial charge in [0.25, 0.3) is 0 Å². The summed E-state index contributed by atoms with van der Waals surface area (Å²) in [6.45, 7) is 2.34. The average Bonchev–Trinajstić information content (AvgIpc) is 2.18. The van der Waals surface area contributed by atoms with Crippen LogP contribution in [0.25, 0.3) is 0 Å². The summed E-state index contributed by atoms with van der Waals surface area (Å²) >= 11 is 3.35.